The third-order valence-electron chi connectivity index (χ3n) is 8.35. The summed E-state index contributed by atoms with van der Waals surface area (Å²) in [6.07, 6.45) is 5.04. The molecule has 7 unspecified atom stereocenters. The quantitative estimate of drug-likeness (QED) is 0.387. The van der Waals surface area contributed by atoms with Gasteiger partial charge in [0.1, 0.15) is 5.60 Å². The van der Waals surface area contributed by atoms with Gasteiger partial charge in [0.15, 0.2) is 0 Å². The molecule has 144 valence electrons. The van der Waals surface area contributed by atoms with Gasteiger partial charge in [-0.1, -0.05) is 59.6 Å². The SMILES string of the molecule is CC1(O)CCC(Br)C2(C)CC(O)C(C3(C)CCC(Br)C3(C)C)=CC12O. The molecule has 0 radical (unpaired) electrons. The van der Waals surface area contributed by atoms with E-state index < -0.39 is 22.7 Å². The van der Waals surface area contributed by atoms with Crippen molar-refractivity contribution in [3.8, 4) is 0 Å². The maximum atomic E-state index is 11.8. The second-order valence-corrected chi connectivity index (χ2v) is 12.1. The predicted molar refractivity (Wildman–Crippen MR) is 108 cm³/mol. The van der Waals surface area contributed by atoms with E-state index in [0.29, 0.717) is 17.7 Å². The molecule has 7 atom stereocenters. The summed E-state index contributed by atoms with van der Waals surface area (Å²) in [5, 5.41) is 34.0. The molecule has 2 fully saturated rings. The van der Waals surface area contributed by atoms with E-state index in [0.717, 1.165) is 24.8 Å². The first-order valence-corrected chi connectivity index (χ1v) is 11.2. The van der Waals surface area contributed by atoms with Gasteiger partial charge in [-0.15, -0.1) is 0 Å². The smallest absolute Gasteiger partial charge is 0.118 e. The molecule has 0 bridgehead atoms. The van der Waals surface area contributed by atoms with Crippen molar-refractivity contribution in [1.82, 2.24) is 0 Å². The molecule has 3 nitrogen and oxygen atoms in total. The summed E-state index contributed by atoms with van der Waals surface area (Å²) < 4.78 is 0. The van der Waals surface area contributed by atoms with Gasteiger partial charge < -0.3 is 15.3 Å². The molecule has 0 spiro atoms. The van der Waals surface area contributed by atoms with Gasteiger partial charge in [-0.05, 0) is 61.5 Å². The fraction of sp³-hybridized carbons (Fsp3) is 0.900. The first-order chi connectivity index (χ1) is 11.2. The largest absolute Gasteiger partial charge is 0.389 e. The third-order valence-corrected chi connectivity index (χ3v) is 11.4. The van der Waals surface area contributed by atoms with Gasteiger partial charge in [0.2, 0.25) is 0 Å². The van der Waals surface area contributed by atoms with Crippen LogP contribution < -0.4 is 0 Å². The summed E-state index contributed by atoms with van der Waals surface area (Å²) in [4.78, 5) is 0.433. The van der Waals surface area contributed by atoms with Crippen LogP contribution in [0.5, 0.6) is 0 Å². The maximum Gasteiger partial charge on any atom is 0.118 e. The number of aliphatic hydroxyl groups is 3. The molecule has 0 aromatic heterocycles. The molecule has 5 heteroatoms. The molecule has 0 aromatic rings. The van der Waals surface area contributed by atoms with Crippen molar-refractivity contribution in [3.63, 3.8) is 0 Å². The number of hydrogen-bond donors (Lipinski definition) is 3. The van der Waals surface area contributed by atoms with E-state index in [2.05, 4.69) is 52.6 Å². The molecule has 2 saturated carbocycles. The lowest BCUT2D eigenvalue weighted by Crippen LogP contribution is -2.69. The van der Waals surface area contributed by atoms with Crippen LogP contribution in [0.15, 0.2) is 11.6 Å². The van der Waals surface area contributed by atoms with Crippen molar-refractivity contribution in [2.24, 2.45) is 16.2 Å². The second kappa shape index (κ2) is 5.79. The lowest BCUT2D eigenvalue weighted by molar-refractivity contribution is -0.210. The van der Waals surface area contributed by atoms with Crippen LogP contribution in [0, 0.1) is 16.2 Å². The zero-order valence-electron chi connectivity index (χ0n) is 15.9. The van der Waals surface area contributed by atoms with Crippen LogP contribution in [0.1, 0.15) is 66.7 Å². The first-order valence-electron chi connectivity index (χ1n) is 9.37. The Morgan fingerprint density at radius 2 is 1.52 bits per heavy atom. The molecule has 3 rings (SSSR count). The minimum Gasteiger partial charge on any atom is -0.389 e. The molecular weight excluding hydrogens is 448 g/mol. The van der Waals surface area contributed by atoms with Crippen LogP contribution in [-0.4, -0.2) is 42.3 Å². The fourth-order valence-corrected chi connectivity index (χ4v) is 7.19. The van der Waals surface area contributed by atoms with Crippen molar-refractivity contribution in [2.75, 3.05) is 0 Å². The number of fused-ring (bicyclic) bond motifs is 1. The standard InChI is InChI=1S/C20H32Br2O3/c1-16(2)14(21)6-8-17(16,3)12-10-20(25)18(4,11-13(12)23)15(22)7-9-19(20,5)24/h10,13-15,23-25H,6-9,11H2,1-5H3. The number of rotatable bonds is 1. The number of halogens is 2. The van der Waals surface area contributed by atoms with Gasteiger partial charge in [0, 0.05) is 15.1 Å². The summed E-state index contributed by atoms with van der Waals surface area (Å²) in [7, 11) is 0. The molecule has 0 saturated heterocycles. The molecule has 0 aromatic carbocycles. The third kappa shape index (κ3) is 2.45. The number of alkyl halides is 2. The summed E-state index contributed by atoms with van der Waals surface area (Å²) >= 11 is 7.55. The zero-order chi connectivity index (χ0) is 19.1. The highest BCUT2D eigenvalue weighted by Crippen LogP contribution is 2.65. The summed E-state index contributed by atoms with van der Waals surface area (Å²) in [5.74, 6) is 0. The molecule has 25 heavy (non-hydrogen) atoms. The van der Waals surface area contributed by atoms with Crippen LogP contribution in [0.2, 0.25) is 0 Å². The average molecular weight is 480 g/mol. The topological polar surface area (TPSA) is 60.7 Å². The number of hydrogen-bond acceptors (Lipinski definition) is 3. The highest BCUT2D eigenvalue weighted by atomic mass is 79.9. The van der Waals surface area contributed by atoms with E-state index in [1.54, 1.807) is 6.92 Å². The highest BCUT2D eigenvalue weighted by molar-refractivity contribution is 9.09. The van der Waals surface area contributed by atoms with E-state index in [1.807, 2.05) is 13.0 Å². The van der Waals surface area contributed by atoms with E-state index in [-0.39, 0.29) is 15.7 Å². The molecule has 3 aliphatic carbocycles. The van der Waals surface area contributed by atoms with E-state index in [9.17, 15) is 15.3 Å². The molecular formula is C20H32Br2O3. The van der Waals surface area contributed by atoms with Gasteiger partial charge in [0.25, 0.3) is 0 Å². The molecule has 0 aliphatic heterocycles. The Bertz CT molecular complexity index is 602. The van der Waals surface area contributed by atoms with Crippen LogP contribution >= 0.6 is 31.9 Å². The van der Waals surface area contributed by atoms with Crippen molar-refractivity contribution < 1.29 is 15.3 Å². The Morgan fingerprint density at radius 3 is 2.04 bits per heavy atom. The maximum absolute atomic E-state index is 11.8. The van der Waals surface area contributed by atoms with Crippen molar-refractivity contribution in [3.05, 3.63) is 11.6 Å². The van der Waals surface area contributed by atoms with Crippen LogP contribution in [0.25, 0.3) is 0 Å². The predicted octanol–water partition coefficient (Wildman–Crippen LogP) is 4.31. The Labute approximate surface area is 168 Å². The average Bonchev–Trinajstić information content (AvgIpc) is 2.71. The summed E-state index contributed by atoms with van der Waals surface area (Å²) in [5.41, 5.74) is -2.52. The summed E-state index contributed by atoms with van der Waals surface area (Å²) in [6, 6.07) is 0. The lowest BCUT2D eigenvalue weighted by atomic mass is 9.50. The first kappa shape index (κ1) is 20.3. The summed E-state index contributed by atoms with van der Waals surface area (Å²) in [6.45, 7) is 10.4. The molecule has 0 heterocycles. The lowest BCUT2D eigenvalue weighted by Gasteiger charge is -2.61. The Hall–Kier alpha value is 0.580. The highest BCUT2D eigenvalue weighted by Gasteiger charge is 2.66. The Morgan fingerprint density at radius 1 is 0.960 bits per heavy atom. The van der Waals surface area contributed by atoms with Crippen molar-refractivity contribution >= 4 is 31.9 Å². The van der Waals surface area contributed by atoms with Gasteiger partial charge in [-0.25, -0.2) is 0 Å². The Kier molecular flexibility index (Phi) is 4.71. The van der Waals surface area contributed by atoms with Gasteiger partial charge in [-0.3, -0.25) is 0 Å². The fourth-order valence-electron chi connectivity index (χ4n) is 5.69. The van der Waals surface area contributed by atoms with Crippen LogP contribution in [0.3, 0.4) is 0 Å². The minimum atomic E-state index is -1.36. The molecule has 3 aliphatic rings. The van der Waals surface area contributed by atoms with Gasteiger partial charge in [0.05, 0.1) is 11.7 Å². The second-order valence-electron chi connectivity index (χ2n) is 9.84. The van der Waals surface area contributed by atoms with Crippen LogP contribution in [0.4, 0.5) is 0 Å². The minimum absolute atomic E-state index is 0.0434. The van der Waals surface area contributed by atoms with Gasteiger partial charge >= 0.3 is 0 Å². The molecule has 3 N–H and O–H groups in total. The Balaban J connectivity index is 2.17. The van der Waals surface area contributed by atoms with E-state index in [1.165, 1.54) is 0 Å². The number of aliphatic hydroxyl groups excluding tert-OH is 1. The van der Waals surface area contributed by atoms with Crippen LogP contribution in [-0.2, 0) is 0 Å². The van der Waals surface area contributed by atoms with Crippen molar-refractivity contribution in [1.29, 1.82) is 0 Å². The van der Waals surface area contributed by atoms with E-state index >= 15 is 0 Å². The zero-order valence-corrected chi connectivity index (χ0v) is 19.1. The molecule has 0 amide bonds. The van der Waals surface area contributed by atoms with Gasteiger partial charge in [-0.2, -0.15) is 0 Å². The van der Waals surface area contributed by atoms with Crippen molar-refractivity contribution in [2.45, 2.75) is 93.7 Å². The normalized spacial score (nSPS) is 55.6. The van der Waals surface area contributed by atoms with E-state index in [4.69, 9.17) is 0 Å². The monoisotopic (exact) mass is 478 g/mol.